The summed E-state index contributed by atoms with van der Waals surface area (Å²) in [5.41, 5.74) is 9.78. The van der Waals surface area contributed by atoms with Crippen LogP contribution in [0.4, 0.5) is 0 Å². The number of carboxylic acids is 1. The van der Waals surface area contributed by atoms with E-state index in [1.54, 1.807) is 12.1 Å². The summed E-state index contributed by atoms with van der Waals surface area (Å²) < 4.78 is 0. The van der Waals surface area contributed by atoms with Crippen LogP contribution in [-0.4, -0.2) is 22.6 Å². The van der Waals surface area contributed by atoms with Crippen molar-refractivity contribution in [3.63, 3.8) is 0 Å². The number of benzene rings is 1. The quantitative estimate of drug-likeness (QED) is 0.289. The number of aromatic carboxylic acids is 1. The molecular formula is C13H10N4O2. The van der Waals surface area contributed by atoms with Gasteiger partial charge in [0.25, 0.3) is 0 Å². The molecule has 0 saturated carbocycles. The Morgan fingerprint density at radius 2 is 2.32 bits per heavy atom. The maximum atomic E-state index is 10.8. The molecule has 0 atom stereocenters. The molecule has 6 heteroatoms. The molecule has 0 unspecified atom stereocenters. The van der Waals surface area contributed by atoms with Gasteiger partial charge in [-0.15, -0.1) is 0 Å². The third kappa shape index (κ3) is 3.06. The number of H-pyrrole nitrogens is 1. The molecule has 0 radical (unpaired) electrons. The fourth-order valence-electron chi connectivity index (χ4n) is 1.64. The van der Waals surface area contributed by atoms with Gasteiger partial charge in [0, 0.05) is 34.3 Å². The number of nitrogens with one attached hydrogen (secondary N) is 1. The first-order valence-corrected chi connectivity index (χ1v) is 5.56. The van der Waals surface area contributed by atoms with E-state index in [2.05, 4.69) is 26.9 Å². The van der Waals surface area contributed by atoms with Crippen LogP contribution in [0, 0.1) is 11.8 Å². The predicted molar refractivity (Wildman–Crippen MR) is 70.8 cm³/mol. The summed E-state index contributed by atoms with van der Waals surface area (Å²) in [4.78, 5) is 16.3. The zero-order valence-corrected chi connectivity index (χ0v) is 9.92. The van der Waals surface area contributed by atoms with Crippen LogP contribution in [0.15, 0.2) is 29.4 Å². The standard InChI is InChI=1S/C13H10N4O2/c14-17-15-6-2-1-3-9-4-5-10-8-12(13(18)19)16-11(10)7-9/h4-5,7-8,16H,2,6H2,(H,18,19). The lowest BCUT2D eigenvalue weighted by Crippen LogP contribution is -1.94. The Morgan fingerprint density at radius 1 is 1.47 bits per heavy atom. The molecule has 0 bridgehead atoms. The van der Waals surface area contributed by atoms with Crippen LogP contribution in [-0.2, 0) is 0 Å². The van der Waals surface area contributed by atoms with Gasteiger partial charge >= 0.3 is 5.97 Å². The highest BCUT2D eigenvalue weighted by Crippen LogP contribution is 2.16. The van der Waals surface area contributed by atoms with Gasteiger partial charge in [-0.1, -0.05) is 23.0 Å². The van der Waals surface area contributed by atoms with E-state index in [9.17, 15) is 4.79 Å². The van der Waals surface area contributed by atoms with Crippen LogP contribution in [0.25, 0.3) is 21.3 Å². The third-order valence-corrected chi connectivity index (χ3v) is 2.49. The van der Waals surface area contributed by atoms with Crippen LogP contribution in [0.2, 0.25) is 0 Å². The van der Waals surface area contributed by atoms with Crippen molar-refractivity contribution < 1.29 is 9.90 Å². The van der Waals surface area contributed by atoms with Crippen LogP contribution in [0.3, 0.4) is 0 Å². The lowest BCUT2D eigenvalue weighted by molar-refractivity contribution is 0.0691. The Labute approximate surface area is 108 Å². The molecular weight excluding hydrogens is 244 g/mol. The molecule has 0 amide bonds. The summed E-state index contributed by atoms with van der Waals surface area (Å²) in [7, 11) is 0. The van der Waals surface area contributed by atoms with Crippen molar-refractivity contribution >= 4 is 16.9 Å². The van der Waals surface area contributed by atoms with Crippen LogP contribution in [0.1, 0.15) is 22.5 Å². The van der Waals surface area contributed by atoms with E-state index < -0.39 is 5.97 Å². The van der Waals surface area contributed by atoms with Crippen LogP contribution < -0.4 is 0 Å². The maximum Gasteiger partial charge on any atom is 0.352 e. The first-order valence-electron chi connectivity index (χ1n) is 5.56. The molecule has 1 aromatic carbocycles. The second kappa shape index (κ2) is 5.63. The van der Waals surface area contributed by atoms with Gasteiger partial charge < -0.3 is 10.1 Å². The number of fused-ring (bicyclic) bond motifs is 1. The molecule has 0 aliphatic rings. The number of azide groups is 1. The number of hydrogen-bond acceptors (Lipinski definition) is 2. The maximum absolute atomic E-state index is 10.8. The summed E-state index contributed by atoms with van der Waals surface area (Å²) in [6.07, 6.45) is 0.493. The fraction of sp³-hybridized carbons (Fsp3) is 0.154. The van der Waals surface area contributed by atoms with Gasteiger partial charge in [0.1, 0.15) is 5.69 Å². The molecule has 2 N–H and O–H groups in total. The summed E-state index contributed by atoms with van der Waals surface area (Å²) in [5, 5.41) is 13.1. The van der Waals surface area contributed by atoms with Crippen molar-refractivity contribution in [2.24, 2.45) is 5.11 Å². The summed E-state index contributed by atoms with van der Waals surface area (Å²) >= 11 is 0. The number of rotatable bonds is 3. The van der Waals surface area contributed by atoms with E-state index >= 15 is 0 Å². The lowest BCUT2D eigenvalue weighted by Gasteiger charge is -1.91. The van der Waals surface area contributed by atoms with E-state index in [4.69, 9.17) is 10.6 Å². The van der Waals surface area contributed by atoms with Crippen molar-refractivity contribution in [3.05, 3.63) is 46.0 Å². The Hall–Kier alpha value is -2.90. The van der Waals surface area contributed by atoms with Crippen molar-refractivity contribution in [1.82, 2.24) is 4.98 Å². The average Bonchev–Trinajstić information content (AvgIpc) is 2.82. The lowest BCUT2D eigenvalue weighted by atomic mass is 10.1. The normalized spacial score (nSPS) is 9.47. The molecule has 2 rings (SSSR count). The number of aromatic amines is 1. The average molecular weight is 254 g/mol. The monoisotopic (exact) mass is 254 g/mol. The van der Waals surface area contributed by atoms with Gasteiger partial charge in [-0.05, 0) is 23.7 Å². The van der Waals surface area contributed by atoms with Gasteiger partial charge in [0.2, 0.25) is 0 Å². The SMILES string of the molecule is [N-]=[N+]=NCCC#Cc1ccc2cc(C(=O)O)[nH]c2c1. The third-order valence-electron chi connectivity index (χ3n) is 2.49. The number of carboxylic acid groups (broad SMARTS) is 1. The minimum absolute atomic E-state index is 0.156. The first-order chi connectivity index (χ1) is 9.20. The Kier molecular flexibility index (Phi) is 3.72. The number of nitrogens with zero attached hydrogens (tertiary/aromatic N) is 3. The molecule has 0 fully saturated rings. The number of carbonyl (C=O) groups is 1. The molecule has 2 aromatic rings. The van der Waals surface area contributed by atoms with E-state index in [1.807, 2.05) is 12.1 Å². The Balaban J connectivity index is 2.21. The molecule has 94 valence electrons. The molecule has 1 heterocycles. The highest BCUT2D eigenvalue weighted by atomic mass is 16.4. The molecule has 0 aliphatic heterocycles. The fourth-order valence-corrected chi connectivity index (χ4v) is 1.64. The largest absolute Gasteiger partial charge is 0.477 e. The van der Waals surface area contributed by atoms with Gasteiger partial charge in [0.15, 0.2) is 0 Å². The van der Waals surface area contributed by atoms with Crippen molar-refractivity contribution in [2.45, 2.75) is 6.42 Å². The van der Waals surface area contributed by atoms with Crippen LogP contribution >= 0.6 is 0 Å². The molecule has 0 saturated heterocycles. The van der Waals surface area contributed by atoms with E-state index in [-0.39, 0.29) is 5.69 Å². The van der Waals surface area contributed by atoms with Crippen molar-refractivity contribution in [3.8, 4) is 11.8 Å². The smallest absolute Gasteiger partial charge is 0.352 e. The zero-order valence-electron chi connectivity index (χ0n) is 9.92. The number of aromatic nitrogens is 1. The molecule has 6 nitrogen and oxygen atoms in total. The van der Waals surface area contributed by atoms with Crippen molar-refractivity contribution in [1.29, 1.82) is 0 Å². The topological polar surface area (TPSA) is 102 Å². The van der Waals surface area contributed by atoms with E-state index in [1.165, 1.54) is 0 Å². The Morgan fingerprint density at radius 3 is 3.05 bits per heavy atom. The van der Waals surface area contributed by atoms with E-state index in [0.29, 0.717) is 13.0 Å². The highest BCUT2D eigenvalue weighted by Gasteiger charge is 2.06. The second-order valence-corrected chi connectivity index (χ2v) is 3.80. The zero-order chi connectivity index (χ0) is 13.7. The molecule has 0 spiro atoms. The summed E-state index contributed by atoms with van der Waals surface area (Å²) in [6, 6.07) is 7.01. The Bertz CT molecular complexity index is 730. The highest BCUT2D eigenvalue weighted by molar-refractivity contribution is 5.94. The van der Waals surface area contributed by atoms with Crippen molar-refractivity contribution in [2.75, 3.05) is 6.54 Å². The predicted octanol–water partition coefficient (Wildman–Crippen LogP) is 2.92. The van der Waals surface area contributed by atoms with Crippen LogP contribution in [0.5, 0.6) is 0 Å². The van der Waals surface area contributed by atoms with Gasteiger partial charge in [0.05, 0.1) is 0 Å². The summed E-state index contributed by atoms with van der Waals surface area (Å²) in [6.45, 7) is 0.345. The van der Waals surface area contributed by atoms with E-state index in [0.717, 1.165) is 16.5 Å². The minimum atomic E-state index is -0.988. The molecule has 19 heavy (non-hydrogen) atoms. The molecule has 0 aliphatic carbocycles. The summed E-state index contributed by atoms with van der Waals surface area (Å²) in [5.74, 6) is 4.83. The van der Waals surface area contributed by atoms with Gasteiger partial charge in [-0.2, -0.15) is 0 Å². The number of hydrogen-bond donors (Lipinski definition) is 2. The molecule has 1 aromatic heterocycles. The van der Waals surface area contributed by atoms with Gasteiger partial charge in [-0.3, -0.25) is 0 Å². The van der Waals surface area contributed by atoms with Gasteiger partial charge in [-0.25, -0.2) is 4.79 Å². The second-order valence-electron chi connectivity index (χ2n) is 3.80. The first kappa shape index (κ1) is 12.6. The minimum Gasteiger partial charge on any atom is -0.477 e.